The summed E-state index contributed by atoms with van der Waals surface area (Å²) in [5, 5.41) is 5.05. The van der Waals surface area contributed by atoms with Gasteiger partial charge in [-0.05, 0) is 30.2 Å². The molecule has 0 atom stereocenters. The van der Waals surface area contributed by atoms with Crippen LogP contribution in [0.2, 0.25) is 5.02 Å². The average molecular weight is 375 g/mol. The standard InChI is InChI=1S/C17H15ClN4O2S/c1-2-13-7-14-16(25-13)19-10-22(17(14)24)9-15(23)21-20-8-11-3-5-12(18)6-4-11/h3-8,10H,2,9H2,1H3,(H,21,23). The van der Waals surface area contributed by atoms with Crippen LogP contribution in [0.25, 0.3) is 10.2 Å². The van der Waals surface area contributed by atoms with E-state index in [1.165, 1.54) is 28.4 Å². The van der Waals surface area contributed by atoms with Crippen LogP contribution in [-0.4, -0.2) is 21.7 Å². The Morgan fingerprint density at radius 2 is 2.16 bits per heavy atom. The summed E-state index contributed by atoms with van der Waals surface area (Å²) in [6, 6.07) is 8.86. The van der Waals surface area contributed by atoms with E-state index in [-0.39, 0.29) is 12.1 Å². The Morgan fingerprint density at radius 3 is 2.88 bits per heavy atom. The second-order valence-corrected chi connectivity index (χ2v) is 6.86. The number of aryl methyl sites for hydroxylation is 1. The second kappa shape index (κ2) is 7.58. The van der Waals surface area contributed by atoms with Crippen molar-refractivity contribution in [1.82, 2.24) is 15.0 Å². The lowest BCUT2D eigenvalue weighted by atomic mass is 10.2. The number of carbonyl (C=O) groups excluding carboxylic acids is 1. The molecule has 8 heteroatoms. The quantitative estimate of drug-likeness (QED) is 0.551. The summed E-state index contributed by atoms with van der Waals surface area (Å²) in [6.45, 7) is 1.88. The molecule has 0 fully saturated rings. The summed E-state index contributed by atoms with van der Waals surface area (Å²) in [5.41, 5.74) is 2.98. The van der Waals surface area contributed by atoms with Gasteiger partial charge in [-0.2, -0.15) is 5.10 Å². The Kier molecular flexibility index (Phi) is 5.25. The van der Waals surface area contributed by atoms with E-state index in [2.05, 4.69) is 15.5 Å². The zero-order chi connectivity index (χ0) is 17.8. The van der Waals surface area contributed by atoms with Crippen LogP contribution in [0.1, 0.15) is 17.4 Å². The largest absolute Gasteiger partial charge is 0.289 e. The molecule has 1 aromatic carbocycles. The fourth-order valence-electron chi connectivity index (χ4n) is 2.21. The normalized spacial score (nSPS) is 11.3. The van der Waals surface area contributed by atoms with Crippen molar-refractivity contribution in [3.63, 3.8) is 0 Å². The predicted octanol–water partition coefficient (Wildman–Crippen LogP) is 2.82. The van der Waals surface area contributed by atoms with E-state index in [0.29, 0.717) is 15.2 Å². The fourth-order valence-corrected chi connectivity index (χ4v) is 3.27. The topological polar surface area (TPSA) is 76.3 Å². The summed E-state index contributed by atoms with van der Waals surface area (Å²) >= 11 is 7.30. The van der Waals surface area contributed by atoms with Crippen molar-refractivity contribution in [2.75, 3.05) is 0 Å². The molecule has 0 aliphatic carbocycles. The number of nitrogens with zero attached hydrogens (tertiary/aromatic N) is 3. The van der Waals surface area contributed by atoms with Gasteiger partial charge in [0.15, 0.2) is 0 Å². The van der Waals surface area contributed by atoms with E-state index < -0.39 is 5.91 Å². The molecule has 0 saturated heterocycles. The summed E-state index contributed by atoms with van der Waals surface area (Å²) in [5.74, 6) is -0.403. The van der Waals surface area contributed by atoms with Crippen LogP contribution in [0.5, 0.6) is 0 Å². The number of amides is 1. The van der Waals surface area contributed by atoms with E-state index >= 15 is 0 Å². The van der Waals surface area contributed by atoms with Gasteiger partial charge in [0, 0.05) is 9.90 Å². The maximum Gasteiger partial charge on any atom is 0.262 e. The number of hydrogen-bond donors (Lipinski definition) is 1. The minimum absolute atomic E-state index is 0.142. The molecule has 1 amide bonds. The zero-order valence-electron chi connectivity index (χ0n) is 13.4. The zero-order valence-corrected chi connectivity index (χ0v) is 15.0. The van der Waals surface area contributed by atoms with Crippen LogP contribution >= 0.6 is 22.9 Å². The first-order valence-electron chi connectivity index (χ1n) is 7.62. The molecule has 3 rings (SSSR count). The molecule has 3 aromatic rings. The molecular formula is C17H15ClN4O2S. The third kappa shape index (κ3) is 4.12. The fraction of sp³-hybridized carbons (Fsp3) is 0.176. The van der Waals surface area contributed by atoms with E-state index in [1.54, 1.807) is 24.3 Å². The van der Waals surface area contributed by atoms with Crippen LogP contribution in [0.3, 0.4) is 0 Å². The molecule has 0 aliphatic rings. The van der Waals surface area contributed by atoms with Gasteiger partial charge in [0.25, 0.3) is 11.5 Å². The molecule has 0 saturated carbocycles. The highest BCUT2D eigenvalue weighted by Gasteiger charge is 2.10. The van der Waals surface area contributed by atoms with Gasteiger partial charge in [-0.3, -0.25) is 14.2 Å². The van der Waals surface area contributed by atoms with E-state index in [1.807, 2.05) is 13.0 Å². The van der Waals surface area contributed by atoms with Crippen molar-refractivity contribution in [3.05, 3.63) is 62.5 Å². The van der Waals surface area contributed by atoms with Crippen LogP contribution in [-0.2, 0) is 17.8 Å². The summed E-state index contributed by atoms with van der Waals surface area (Å²) in [6.07, 6.45) is 3.74. The molecule has 0 radical (unpaired) electrons. The minimum atomic E-state index is -0.403. The number of thiophene rings is 1. The molecule has 0 unspecified atom stereocenters. The van der Waals surface area contributed by atoms with Crippen molar-refractivity contribution in [2.45, 2.75) is 19.9 Å². The third-order valence-corrected chi connectivity index (χ3v) is 4.94. The van der Waals surface area contributed by atoms with Gasteiger partial charge in [-0.1, -0.05) is 30.7 Å². The average Bonchev–Trinajstić information content (AvgIpc) is 3.03. The SMILES string of the molecule is CCc1cc2c(=O)n(CC(=O)NN=Cc3ccc(Cl)cc3)cnc2s1. The Labute approximate surface area is 152 Å². The lowest BCUT2D eigenvalue weighted by Crippen LogP contribution is -2.29. The highest BCUT2D eigenvalue weighted by atomic mass is 35.5. The molecule has 0 bridgehead atoms. The lowest BCUT2D eigenvalue weighted by Gasteiger charge is -2.03. The summed E-state index contributed by atoms with van der Waals surface area (Å²) in [7, 11) is 0. The first-order valence-corrected chi connectivity index (χ1v) is 8.81. The summed E-state index contributed by atoms with van der Waals surface area (Å²) in [4.78, 5) is 30.4. The highest BCUT2D eigenvalue weighted by Crippen LogP contribution is 2.20. The number of fused-ring (bicyclic) bond motifs is 1. The highest BCUT2D eigenvalue weighted by molar-refractivity contribution is 7.18. The number of rotatable bonds is 5. The van der Waals surface area contributed by atoms with Crippen LogP contribution < -0.4 is 11.0 Å². The molecule has 128 valence electrons. The van der Waals surface area contributed by atoms with Gasteiger partial charge in [0.2, 0.25) is 0 Å². The van der Waals surface area contributed by atoms with Crippen LogP contribution in [0.15, 0.2) is 46.6 Å². The second-order valence-electron chi connectivity index (χ2n) is 5.31. The van der Waals surface area contributed by atoms with Crippen molar-refractivity contribution < 1.29 is 4.79 Å². The molecule has 25 heavy (non-hydrogen) atoms. The van der Waals surface area contributed by atoms with Gasteiger partial charge in [-0.25, -0.2) is 10.4 Å². The molecular weight excluding hydrogens is 360 g/mol. The van der Waals surface area contributed by atoms with Crippen molar-refractivity contribution in [2.24, 2.45) is 5.10 Å². The first-order chi connectivity index (χ1) is 12.1. The van der Waals surface area contributed by atoms with E-state index in [9.17, 15) is 9.59 Å². The summed E-state index contributed by atoms with van der Waals surface area (Å²) < 4.78 is 1.28. The van der Waals surface area contributed by atoms with E-state index in [4.69, 9.17) is 11.6 Å². The Hall–Kier alpha value is -2.51. The van der Waals surface area contributed by atoms with Gasteiger partial charge < -0.3 is 0 Å². The first kappa shape index (κ1) is 17.3. The van der Waals surface area contributed by atoms with Gasteiger partial charge in [0.05, 0.1) is 17.9 Å². The van der Waals surface area contributed by atoms with Crippen molar-refractivity contribution in [3.8, 4) is 0 Å². The Morgan fingerprint density at radius 1 is 1.40 bits per heavy atom. The maximum atomic E-state index is 12.4. The minimum Gasteiger partial charge on any atom is -0.289 e. The molecule has 0 spiro atoms. The molecule has 2 heterocycles. The number of carbonyl (C=O) groups is 1. The number of aromatic nitrogens is 2. The molecule has 2 aromatic heterocycles. The van der Waals surface area contributed by atoms with E-state index in [0.717, 1.165) is 16.9 Å². The smallest absolute Gasteiger partial charge is 0.262 e. The molecule has 1 N–H and O–H groups in total. The number of hydrazone groups is 1. The molecule has 6 nitrogen and oxygen atoms in total. The number of benzene rings is 1. The van der Waals surface area contributed by atoms with Crippen molar-refractivity contribution in [1.29, 1.82) is 0 Å². The predicted molar refractivity (Wildman–Crippen MR) is 100 cm³/mol. The third-order valence-electron chi connectivity index (χ3n) is 3.50. The van der Waals surface area contributed by atoms with Crippen LogP contribution in [0, 0.1) is 0 Å². The monoisotopic (exact) mass is 374 g/mol. The number of nitrogens with one attached hydrogen (secondary N) is 1. The number of halogens is 1. The lowest BCUT2D eigenvalue weighted by molar-refractivity contribution is -0.121. The van der Waals surface area contributed by atoms with Crippen LogP contribution in [0.4, 0.5) is 0 Å². The van der Waals surface area contributed by atoms with Gasteiger partial charge >= 0.3 is 0 Å². The maximum absolute atomic E-state index is 12.4. The van der Waals surface area contributed by atoms with Gasteiger partial charge in [-0.15, -0.1) is 11.3 Å². The van der Waals surface area contributed by atoms with Crippen molar-refractivity contribution >= 4 is 45.3 Å². The van der Waals surface area contributed by atoms with Gasteiger partial charge in [0.1, 0.15) is 11.4 Å². The Bertz CT molecular complexity index is 992. The Balaban J connectivity index is 1.68. The molecule has 0 aliphatic heterocycles. The number of hydrogen-bond acceptors (Lipinski definition) is 5.